The van der Waals surface area contributed by atoms with Crippen molar-refractivity contribution in [2.24, 2.45) is 0 Å². The summed E-state index contributed by atoms with van der Waals surface area (Å²) in [6.07, 6.45) is 2.02. The molecule has 0 N–H and O–H groups in total. The summed E-state index contributed by atoms with van der Waals surface area (Å²) >= 11 is 3.47. The van der Waals surface area contributed by atoms with Gasteiger partial charge in [-0.1, -0.05) is 34.1 Å². The molecule has 0 unspecified atom stereocenters. The second-order valence-corrected chi connectivity index (χ2v) is 5.27. The first-order chi connectivity index (χ1) is 7.73. The third-order valence-corrected chi connectivity index (χ3v) is 3.77. The van der Waals surface area contributed by atoms with E-state index in [9.17, 15) is 0 Å². The lowest BCUT2D eigenvalue weighted by Gasteiger charge is -2.05. The lowest BCUT2D eigenvalue weighted by molar-refractivity contribution is 0.887. The Balaban J connectivity index is 2.18. The zero-order valence-corrected chi connectivity index (χ0v) is 10.3. The predicted molar refractivity (Wildman–Crippen MR) is 69.2 cm³/mol. The molecule has 0 heterocycles. The predicted octanol–water partition coefficient (Wildman–Crippen LogP) is 4.51. The smallest absolute Gasteiger partial charge is 0.258 e. The van der Waals surface area contributed by atoms with Crippen LogP contribution in [0.1, 0.15) is 18.4 Å². The van der Waals surface area contributed by atoms with Crippen LogP contribution in [0.25, 0.3) is 15.6 Å². The van der Waals surface area contributed by atoms with Crippen molar-refractivity contribution in [1.29, 1.82) is 0 Å². The highest BCUT2D eigenvalue weighted by Crippen LogP contribution is 2.50. The van der Waals surface area contributed by atoms with E-state index in [1.165, 1.54) is 16.3 Å². The van der Waals surface area contributed by atoms with Crippen molar-refractivity contribution < 1.29 is 0 Å². The Hall–Kier alpha value is -1.33. The molecule has 0 aromatic heterocycles. The van der Waals surface area contributed by atoms with Crippen molar-refractivity contribution in [1.82, 2.24) is 0 Å². The maximum Gasteiger partial charge on any atom is 0.258 e. The molecule has 1 aliphatic rings. The van der Waals surface area contributed by atoms with Gasteiger partial charge in [-0.05, 0) is 29.0 Å². The Morgan fingerprint density at radius 1 is 1.06 bits per heavy atom. The summed E-state index contributed by atoms with van der Waals surface area (Å²) in [5, 5.41) is 2.44. The SMILES string of the molecule is [C-]#[N+]C1(c2ccc3cc(Br)ccc3c2)CC1. The van der Waals surface area contributed by atoms with Crippen LogP contribution < -0.4 is 0 Å². The number of halogens is 1. The lowest BCUT2D eigenvalue weighted by Crippen LogP contribution is -1.98. The number of hydrogen-bond acceptors (Lipinski definition) is 0. The van der Waals surface area contributed by atoms with Gasteiger partial charge in [-0.25, -0.2) is 6.57 Å². The molecule has 0 spiro atoms. The lowest BCUT2D eigenvalue weighted by atomic mass is 10.0. The molecule has 0 saturated heterocycles. The van der Waals surface area contributed by atoms with Crippen molar-refractivity contribution in [3.05, 3.63) is 57.9 Å². The van der Waals surface area contributed by atoms with Crippen molar-refractivity contribution in [3.63, 3.8) is 0 Å². The molecule has 78 valence electrons. The van der Waals surface area contributed by atoms with Crippen molar-refractivity contribution >= 4 is 26.7 Å². The van der Waals surface area contributed by atoms with Crippen LogP contribution in [0.3, 0.4) is 0 Å². The molecule has 0 aliphatic heterocycles. The third kappa shape index (κ3) is 1.44. The first-order valence-corrected chi connectivity index (χ1v) is 6.11. The fourth-order valence-electron chi connectivity index (χ4n) is 2.09. The number of hydrogen-bond donors (Lipinski definition) is 0. The molecule has 0 amide bonds. The average molecular weight is 272 g/mol. The van der Waals surface area contributed by atoms with Crippen LogP contribution in [0.4, 0.5) is 0 Å². The van der Waals surface area contributed by atoms with Gasteiger partial charge in [-0.3, -0.25) is 0 Å². The van der Waals surface area contributed by atoms with Gasteiger partial charge in [0.1, 0.15) is 0 Å². The third-order valence-electron chi connectivity index (χ3n) is 3.28. The molecule has 2 aromatic carbocycles. The largest absolute Gasteiger partial charge is 0.305 e. The van der Waals surface area contributed by atoms with Gasteiger partial charge in [0.2, 0.25) is 0 Å². The highest BCUT2D eigenvalue weighted by molar-refractivity contribution is 9.10. The van der Waals surface area contributed by atoms with Crippen molar-refractivity contribution in [2.75, 3.05) is 0 Å². The van der Waals surface area contributed by atoms with Crippen LogP contribution >= 0.6 is 15.9 Å². The van der Waals surface area contributed by atoms with Crippen LogP contribution in [0.5, 0.6) is 0 Å². The van der Waals surface area contributed by atoms with Gasteiger partial charge in [0, 0.05) is 22.9 Å². The van der Waals surface area contributed by atoms with Crippen LogP contribution in [-0.2, 0) is 5.54 Å². The number of nitrogens with zero attached hydrogens (tertiary/aromatic N) is 1. The standard InChI is InChI=1S/C14H10BrN/c1-16-14(6-7-14)12-4-2-11-9-13(15)5-3-10(11)8-12/h2-5,8-9H,6-7H2. The molecule has 1 nitrogen and oxygen atoms in total. The van der Waals surface area contributed by atoms with Crippen LogP contribution in [-0.4, -0.2) is 0 Å². The zero-order chi connectivity index (χ0) is 11.2. The monoisotopic (exact) mass is 271 g/mol. The molecule has 0 bridgehead atoms. The first-order valence-electron chi connectivity index (χ1n) is 5.32. The van der Waals surface area contributed by atoms with Gasteiger partial charge in [-0.15, -0.1) is 0 Å². The number of benzene rings is 2. The van der Waals surface area contributed by atoms with Gasteiger partial charge in [0.25, 0.3) is 5.54 Å². The van der Waals surface area contributed by atoms with E-state index >= 15 is 0 Å². The van der Waals surface area contributed by atoms with Gasteiger partial charge >= 0.3 is 0 Å². The van der Waals surface area contributed by atoms with E-state index < -0.39 is 0 Å². The summed E-state index contributed by atoms with van der Waals surface area (Å²) in [6, 6.07) is 12.6. The molecule has 16 heavy (non-hydrogen) atoms. The minimum atomic E-state index is -0.193. The summed E-state index contributed by atoms with van der Waals surface area (Å²) in [6.45, 7) is 7.27. The summed E-state index contributed by atoms with van der Waals surface area (Å²) in [4.78, 5) is 3.77. The van der Waals surface area contributed by atoms with Crippen molar-refractivity contribution in [2.45, 2.75) is 18.4 Å². The summed E-state index contributed by atoms with van der Waals surface area (Å²) < 4.78 is 1.10. The van der Waals surface area contributed by atoms with E-state index in [1.807, 2.05) is 6.07 Å². The number of rotatable bonds is 1. The molecule has 3 rings (SSSR count). The molecule has 1 aliphatic carbocycles. The van der Waals surface area contributed by atoms with E-state index in [4.69, 9.17) is 6.57 Å². The van der Waals surface area contributed by atoms with E-state index in [0.29, 0.717) is 0 Å². The van der Waals surface area contributed by atoms with Crippen LogP contribution in [0, 0.1) is 6.57 Å². The Morgan fingerprint density at radius 2 is 1.75 bits per heavy atom. The van der Waals surface area contributed by atoms with Gasteiger partial charge in [-0.2, -0.15) is 0 Å². The molecule has 2 heteroatoms. The minimum absolute atomic E-state index is 0.193. The molecule has 1 fully saturated rings. The maximum absolute atomic E-state index is 7.27. The van der Waals surface area contributed by atoms with Gasteiger partial charge in [0.15, 0.2) is 0 Å². The van der Waals surface area contributed by atoms with E-state index in [0.717, 1.165) is 17.3 Å². The second kappa shape index (κ2) is 3.33. The van der Waals surface area contributed by atoms with Crippen LogP contribution in [0.15, 0.2) is 40.9 Å². The Kier molecular flexibility index (Phi) is 2.05. The normalized spacial score (nSPS) is 17.0. The molecular formula is C14H10BrN. The Labute approximate surface area is 103 Å². The molecular weight excluding hydrogens is 262 g/mol. The van der Waals surface area contributed by atoms with Crippen LogP contribution in [0.2, 0.25) is 0 Å². The fraction of sp³-hybridized carbons (Fsp3) is 0.214. The van der Waals surface area contributed by atoms with Gasteiger partial charge in [0.05, 0.1) is 0 Å². The molecule has 1 saturated carbocycles. The molecule has 0 atom stereocenters. The zero-order valence-electron chi connectivity index (χ0n) is 8.70. The maximum atomic E-state index is 7.27. The summed E-state index contributed by atoms with van der Waals surface area (Å²) in [7, 11) is 0. The van der Waals surface area contributed by atoms with E-state index in [2.05, 4.69) is 51.1 Å². The first kappa shape index (κ1) is 9.86. The average Bonchev–Trinajstić information content (AvgIpc) is 3.09. The molecule has 2 aromatic rings. The second-order valence-electron chi connectivity index (χ2n) is 4.35. The van der Waals surface area contributed by atoms with E-state index in [1.54, 1.807) is 0 Å². The van der Waals surface area contributed by atoms with E-state index in [-0.39, 0.29) is 5.54 Å². The van der Waals surface area contributed by atoms with Crippen molar-refractivity contribution in [3.8, 4) is 0 Å². The fourth-order valence-corrected chi connectivity index (χ4v) is 2.47. The minimum Gasteiger partial charge on any atom is -0.305 e. The summed E-state index contributed by atoms with van der Waals surface area (Å²) in [5.41, 5.74) is 0.985. The Morgan fingerprint density at radius 3 is 2.44 bits per heavy atom. The molecule has 0 radical (unpaired) electrons. The quantitative estimate of drug-likeness (QED) is 0.673. The number of fused-ring (bicyclic) bond motifs is 1. The highest BCUT2D eigenvalue weighted by atomic mass is 79.9. The van der Waals surface area contributed by atoms with Gasteiger partial charge < -0.3 is 4.85 Å². The topological polar surface area (TPSA) is 4.36 Å². The Bertz CT molecular complexity index is 606. The highest BCUT2D eigenvalue weighted by Gasteiger charge is 2.52. The summed E-state index contributed by atoms with van der Waals surface area (Å²) in [5.74, 6) is 0.